The number of nitrogens with zero attached hydrogens (tertiary/aromatic N) is 2. The lowest BCUT2D eigenvalue weighted by atomic mass is 10.0. The Labute approximate surface area is 109 Å². The van der Waals surface area contributed by atoms with Crippen LogP contribution in [-0.4, -0.2) is 43.7 Å². The second kappa shape index (κ2) is 4.16. The van der Waals surface area contributed by atoms with Gasteiger partial charge in [-0.2, -0.15) is 0 Å². The average Bonchev–Trinajstić information content (AvgIpc) is 2.64. The molecule has 98 valence electrons. The molecule has 1 saturated heterocycles. The Morgan fingerprint density at radius 1 is 1.11 bits per heavy atom. The Balaban J connectivity index is 1.89. The van der Waals surface area contributed by atoms with Crippen LogP contribution in [0.25, 0.3) is 0 Å². The topological polar surface area (TPSA) is 15.7 Å². The van der Waals surface area contributed by atoms with Gasteiger partial charge in [-0.1, -0.05) is 12.1 Å². The van der Waals surface area contributed by atoms with Crippen molar-refractivity contribution in [3.05, 3.63) is 23.8 Å². The molecule has 3 rings (SSSR count). The van der Waals surface area contributed by atoms with Crippen molar-refractivity contribution >= 4 is 5.69 Å². The first-order valence-electron chi connectivity index (χ1n) is 6.80. The fraction of sp³-hybridized carbons (Fsp3) is 0.600. The summed E-state index contributed by atoms with van der Waals surface area (Å²) in [7, 11) is 2.19. The Hall–Kier alpha value is -1.22. The Morgan fingerprint density at radius 2 is 1.83 bits per heavy atom. The third kappa shape index (κ3) is 2.07. The normalized spacial score (nSPS) is 22.7. The molecule has 0 saturated carbocycles. The summed E-state index contributed by atoms with van der Waals surface area (Å²) >= 11 is 0. The first-order valence-corrected chi connectivity index (χ1v) is 6.80. The lowest BCUT2D eigenvalue weighted by Crippen LogP contribution is -2.44. The number of likely N-dealkylation sites (N-methyl/N-ethyl adjacent to an activating group) is 1. The van der Waals surface area contributed by atoms with E-state index in [-0.39, 0.29) is 5.60 Å². The van der Waals surface area contributed by atoms with E-state index in [9.17, 15) is 0 Å². The Bertz CT molecular complexity index is 448. The molecule has 0 bridgehead atoms. The van der Waals surface area contributed by atoms with Gasteiger partial charge in [0.05, 0.1) is 5.69 Å². The number of piperazine rings is 1. The third-order valence-electron chi connectivity index (χ3n) is 3.91. The molecule has 0 unspecified atom stereocenters. The predicted molar refractivity (Wildman–Crippen MR) is 74.6 cm³/mol. The van der Waals surface area contributed by atoms with E-state index in [0.29, 0.717) is 0 Å². The SMILES string of the molecule is CN1CCN(c2cccc3c2OC(C)(C)C3)CC1. The van der Waals surface area contributed by atoms with E-state index in [1.807, 2.05) is 0 Å². The van der Waals surface area contributed by atoms with Crippen molar-refractivity contribution in [2.24, 2.45) is 0 Å². The maximum atomic E-state index is 6.15. The number of anilines is 1. The molecule has 1 fully saturated rings. The van der Waals surface area contributed by atoms with Gasteiger partial charge in [0.1, 0.15) is 11.4 Å². The van der Waals surface area contributed by atoms with Gasteiger partial charge in [0.2, 0.25) is 0 Å². The quantitative estimate of drug-likeness (QED) is 0.755. The van der Waals surface area contributed by atoms with Crippen LogP contribution in [-0.2, 0) is 6.42 Å². The van der Waals surface area contributed by atoms with Crippen LogP contribution in [0.3, 0.4) is 0 Å². The zero-order valence-electron chi connectivity index (χ0n) is 11.6. The molecule has 0 atom stereocenters. The third-order valence-corrected chi connectivity index (χ3v) is 3.91. The van der Waals surface area contributed by atoms with E-state index in [1.165, 1.54) is 11.3 Å². The van der Waals surface area contributed by atoms with Crippen molar-refractivity contribution in [2.45, 2.75) is 25.9 Å². The zero-order valence-corrected chi connectivity index (χ0v) is 11.6. The minimum atomic E-state index is -0.0506. The number of benzene rings is 1. The molecule has 1 aromatic rings. The summed E-state index contributed by atoms with van der Waals surface area (Å²) in [6.07, 6.45) is 1.02. The summed E-state index contributed by atoms with van der Waals surface area (Å²) in [4.78, 5) is 4.84. The fourth-order valence-corrected chi connectivity index (χ4v) is 2.90. The molecule has 2 aliphatic rings. The van der Waals surface area contributed by atoms with E-state index in [0.717, 1.165) is 38.3 Å². The van der Waals surface area contributed by atoms with Crippen LogP contribution in [0.2, 0.25) is 0 Å². The standard InChI is InChI=1S/C15H22N2O/c1-15(2)11-12-5-4-6-13(14(12)18-15)17-9-7-16(3)8-10-17/h4-6H,7-11H2,1-3H3. The van der Waals surface area contributed by atoms with E-state index >= 15 is 0 Å². The largest absolute Gasteiger partial charge is 0.485 e. The number of ether oxygens (including phenoxy) is 1. The molecule has 18 heavy (non-hydrogen) atoms. The van der Waals surface area contributed by atoms with Gasteiger partial charge in [-0.05, 0) is 27.0 Å². The minimum Gasteiger partial charge on any atom is -0.485 e. The van der Waals surface area contributed by atoms with Crippen LogP contribution in [0, 0.1) is 0 Å². The van der Waals surface area contributed by atoms with Crippen molar-refractivity contribution in [3.63, 3.8) is 0 Å². The summed E-state index contributed by atoms with van der Waals surface area (Å²) in [6.45, 7) is 8.79. The zero-order chi connectivity index (χ0) is 12.8. The highest BCUT2D eigenvalue weighted by Crippen LogP contribution is 2.42. The van der Waals surface area contributed by atoms with Crippen molar-refractivity contribution in [1.82, 2.24) is 4.90 Å². The van der Waals surface area contributed by atoms with E-state index in [2.05, 4.69) is 48.9 Å². The van der Waals surface area contributed by atoms with Gasteiger partial charge in [-0.25, -0.2) is 0 Å². The van der Waals surface area contributed by atoms with Crippen molar-refractivity contribution in [2.75, 3.05) is 38.1 Å². The van der Waals surface area contributed by atoms with Gasteiger partial charge in [0, 0.05) is 38.2 Å². The van der Waals surface area contributed by atoms with E-state index in [1.54, 1.807) is 0 Å². The molecule has 0 aromatic heterocycles. The van der Waals surface area contributed by atoms with Crippen molar-refractivity contribution < 1.29 is 4.74 Å². The molecule has 0 amide bonds. The molecule has 0 N–H and O–H groups in total. The van der Waals surface area contributed by atoms with Gasteiger partial charge in [0.25, 0.3) is 0 Å². The fourth-order valence-electron chi connectivity index (χ4n) is 2.90. The predicted octanol–water partition coefficient (Wildman–Crippen LogP) is 2.15. The first-order chi connectivity index (χ1) is 8.55. The van der Waals surface area contributed by atoms with Gasteiger partial charge in [-0.3, -0.25) is 0 Å². The molecule has 0 aliphatic carbocycles. The summed E-state index contributed by atoms with van der Waals surface area (Å²) < 4.78 is 6.15. The lowest BCUT2D eigenvalue weighted by molar-refractivity contribution is 0.138. The summed E-state index contributed by atoms with van der Waals surface area (Å²) in [5.41, 5.74) is 2.59. The molecule has 0 spiro atoms. The van der Waals surface area contributed by atoms with Gasteiger partial charge in [0.15, 0.2) is 0 Å². The van der Waals surface area contributed by atoms with Gasteiger partial charge < -0.3 is 14.5 Å². The second-order valence-electron chi connectivity index (χ2n) is 6.09. The number of rotatable bonds is 1. The highest BCUT2D eigenvalue weighted by atomic mass is 16.5. The smallest absolute Gasteiger partial charge is 0.146 e. The molecule has 3 nitrogen and oxygen atoms in total. The minimum absolute atomic E-state index is 0.0506. The van der Waals surface area contributed by atoms with Gasteiger partial charge >= 0.3 is 0 Å². The van der Waals surface area contributed by atoms with Gasteiger partial charge in [-0.15, -0.1) is 0 Å². The number of fused-ring (bicyclic) bond motifs is 1. The second-order valence-corrected chi connectivity index (χ2v) is 6.09. The highest BCUT2D eigenvalue weighted by Gasteiger charge is 2.33. The average molecular weight is 246 g/mol. The first kappa shape index (κ1) is 11.8. The van der Waals surface area contributed by atoms with E-state index in [4.69, 9.17) is 4.74 Å². The summed E-state index contributed by atoms with van der Waals surface area (Å²) in [6, 6.07) is 6.56. The maximum absolute atomic E-state index is 6.15. The molecule has 2 heterocycles. The van der Waals surface area contributed by atoms with Crippen LogP contribution in [0.4, 0.5) is 5.69 Å². The highest BCUT2D eigenvalue weighted by molar-refractivity contribution is 5.64. The monoisotopic (exact) mass is 246 g/mol. The lowest BCUT2D eigenvalue weighted by Gasteiger charge is -2.35. The van der Waals surface area contributed by atoms with Crippen molar-refractivity contribution in [3.8, 4) is 5.75 Å². The molecule has 3 heteroatoms. The summed E-state index contributed by atoms with van der Waals surface area (Å²) in [5.74, 6) is 1.12. The molecule has 1 aromatic carbocycles. The number of hydrogen-bond donors (Lipinski definition) is 0. The Kier molecular flexibility index (Phi) is 2.74. The Morgan fingerprint density at radius 3 is 2.56 bits per heavy atom. The van der Waals surface area contributed by atoms with Crippen molar-refractivity contribution in [1.29, 1.82) is 0 Å². The maximum Gasteiger partial charge on any atom is 0.146 e. The number of hydrogen-bond acceptors (Lipinski definition) is 3. The van der Waals surface area contributed by atoms with Crippen LogP contribution in [0.15, 0.2) is 18.2 Å². The molecule has 2 aliphatic heterocycles. The molecule has 0 radical (unpaired) electrons. The van der Waals surface area contributed by atoms with Crippen LogP contribution in [0.1, 0.15) is 19.4 Å². The van der Waals surface area contributed by atoms with Crippen LogP contribution < -0.4 is 9.64 Å². The van der Waals surface area contributed by atoms with Crippen LogP contribution in [0.5, 0.6) is 5.75 Å². The summed E-state index contributed by atoms with van der Waals surface area (Å²) in [5, 5.41) is 0. The van der Waals surface area contributed by atoms with Crippen LogP contribution >= 0.6 is 0 Å². The molecular weight excluding hydrogens is 224 g/mol. The van der Waals surface area contributed by atoms with E-state index < -0.39 is 0 Å². The molecular formula is C15H22N2O. The number of para-hydroxylation sites is 1.